The summed E-state index contributed by atoms with van der Waals surface area (Å²) in [5.74, 6) is 0.169. The largest absolute Gasteiger partial charge is 1.00 e. The summed E-state index contributed by atoms with van der Waals surface area (Å²) in [6, 6.07) is 0. The van der Waals surface area contributed by atoms with Gasteiger partial charge in [-0.15, -0.1) is 0 Å². The monoisotopic (exact) mass is 895 g/mol. The van der Waals surface area contributed by atoms with E-state index >= 15 is 0 Å². The molecule has 0 fully saturated rings. The van der Waals surface area contributed by atoms with Crippen molar-refractivity contribution in [1.29, 1.82) is 0 Å². The van der Waals surface area contributed by atoms with E-state index in [9.17, 15) is 29.3 Å². The molecule has 2 amide bonds. The summed E-state index contributed by atoms with van der Waals surface area (Å²) in [5.41, 5.74) is 0. The molecule has 59 heavy (non-hydrogen) atoms. The Balaban J connectivity index is -0.0000157. The van der Waals surface area contributed by atoms with Crippen LogP contribution in [-0.2, 0) is 23.2 Å². The minimum Gasteiger partial charge on any atom is -1.00 e. The van der Waals surface area contributed by atoms with E-state index in [0.29, 0.717) is 61.1 Å². The minimum absolute atomic E-state index is 0. The van der Waals surface area contributed by atoms with Crippen LogP contribution in [0.1, 0.15) is 181 Å². The molecule has 0 rings (SSSR count). The van der Waals surface area contributed by atoms with Crippen LogP contribution in [0.25, 0.3) is 0 Å². The number of aliphatic hydroxyl groups excluding tert-OH is 2. The van der Waals surface area contributed by atoms with Crippen LogP contribution in [0.4, 0.5) is 0 Å². The number of hydrogen-bond donors (Lipinski definition) is 5. The van der Waals surface area contributed by atoms with Gasteiger partial charge in [0, 0.05) is 38.8 Å². The molecule has 0 aromatic rings. The molecule has 2 atom stereocenters. The molecule has 0 aliphatic rings. The van der Waals surface area contributed by atoms with Crippen molar-refractivity contribution >= 4 is 19.6 Å². The number of nitrogens with one attached hydrogen (secondary N) is 2. The van der Waals surface area contributed by atoms with Gasteiger partial charge in [-0.05, 0) is 12.8 Å². The predicted molar refractivity (Wildman–Crippen MR) is 235 cm³/mol. The Labute approximate surface area is 391 Å². The third-order valence-electron chi connectivity index (χ3n) is 10.8. The molecule has 0 aromatic heterocycles. The van der Waals surface area contributed by atoms with Crippen LogP contribution in [0.15, 0.2) is 0 Å². The molecule has 0 bridgehead atoms. The van der Waals surface area contributed by atoms with E-state index in [1.807, 2.05) is 28.2 Å². The second-order valence-electron chi connectivity index (χ2n) is 18.0. The molecule has 0 aliphatic heterocycles. The first-order valence-corrected chi connectivity index (χ1v) is 24.8. The van der Waals surface area contributed by atoms with E-state index in [4.69, 9.17) is 9.05 Å². The van der Waals surface area contributed by atoms with Gasteiger partial charge in [-0.2, -0.15) is 0 Å². The predicted octanol–water partition coefficient (Wildman–Crippen LogP) is 2.42. The molecule has 0 spiro atoms. The number of phosphoric ester groups is 1. The van der Waals surface area contributed by atoms with Crippen LogP contribution in [0.5, 0.6) is 0 Å². The van der Waals surface area contributed by atoms with Crippen LogP contribution in [0.2, 0.25) is 0 Å². The van der Waals surface area contributed by atoms with E-state index in [0.717, 1.165) is 38.5 Å². The van der Waals surface area contributed by atoms with Gasteiger partial charge in [-0.25, -0.2) is 4.57 Å². The Kier molecular flexibility index (Phi) is 44.0. The van der Waals surface area contributed by atoms with Crippen LogP contribution in [-0.4, -0.2) is 129 Å². The van der Waals surface area contributed by atoms with Crippen LogP contribution >= 0.6 is 7.82 Å². The van der Waals surface area contributed by atoms with E-state index in [2.05, 4.69) is 24.5 Å². The number of nitrogens with zero attached hydrogens (tertiary/aromatic N) is 2. The molecule has 2 unspecified atom stereocenters. The molecule has 0 saturated carbocycles. The summed E-state index contributed by atoms with van der Waals surface area (Å²) >= 11 is 0. The number of carbonyl (C=O) groups is 2. The summed E-state index contributed by atoms with van der Waals surface area (Å²) in [4.78, 5) is 34.7. The van der Waals surface area contributed by atoms with Gasteiger partial charge in [0.1, 0.15) is 25.3 Å². The second-order valence-corrected chi connectivity index (χ2v) is 19.5. The number of hydrogen-bond acceptors (Lipinski definition) is 7. The Morgan fingerprint density at radius 1 is 0.525 bits per heavy atom. The summed E-state index contributed by atoms with van der Waals surface area (Å²) < 4.78 is 23.5. The van der Waals surface area contributed by atoms with E-state index in [1.165, 1.54) is 116 Å². The quantitative estimate of drug-likeness (QED) is 0.0271. The Hall–Kier alpha value is 0.180. The fourth-order valence-electron chi connectivity index (χ4n) is 7.37. The fraction of sp³-hybridized carbons (Fsp3) is 0.955. The van der Waals surface area contributed by atoms with Gasteiger partial charge in [0.25, 0.3) is 0 Å². The normalized spacial score (nSPS) is 13.8. The summed E-state index contributed by atoms with van der Waals surface area (Å²) in [5, 5.41) is 27.1. The number of quaternary nitrogens is 2. The zero-order valence-corrected chi connectivity index (χ0v) is 42.9. The molecule has 348 valence electrons. The molecular weight excluding hydrogens is 802 g/mol. The number of rotatable bonds is 42. The molecule has 0 radical (unpaired) electrons. The average Bonchev–Trinajstić information content (AvgIpc) is 3.14. The smallest absolute Gasteiger partial charge is 1.00 e. The second kappa shape index (κ2) is 40.9. The Morgan fingerprint density at radius 2 is 0.797 bits per heavy atom. The summed E-state index contributed by atoms with van der Waals surface area (Å²) in [7, 11) is 3.33. The number of likely N-dealkylation sites (N-methyl/N-ethyl adjacent to an activating group) is 2. The van der Waals surface area contributed by atoms with Crippen molar-refractivity contribution < 1.29 is 89.2 Å². The maximum Gasteiger partial charge on any atom is 1.00 e. The van der Waals surface area contributed by atoms with Gasteiger partial charge in [0.2, 0.25) is 11.8 Å². The molecule has 0 saturated heterocycles. The Morgan fingerprint density at radius 3 is 1.08 bits per heavy atom. The van der Waals surface area contributed by atoms with Gasteiger partial charge >= 0.3 is 37.4 Å². The van der Waals surface area contributed by atoms with Crippen molar-refractivity contribution in [2.75, 3.05) is 80.7 Å². The molecular formula is C44H93ClN4NaO8P+2. The van der Waals surface area contributed by atoms with Gasteiger partial charge < -0.3 is 47.1 Å². The third-order valence-corrected chi connectivity index (χ3v) is 11.8. The third kappa shape index (κ3) is 44.6. The first-order chi connectivity index (χ1) is 27.1. The maximum atomic E-state index is 12.5. The van der Waals surface area contributed by atoms with Crippen molar-refractivity contribution in [3.63, 3.8) is 0 Å². The van der Waals surface area contributed by atoms with Crippen molar-refractivity contribution in [3.05, 3.63) is 0 Å². The summed E-state index contributed by atoms with van der Waals surface area (Å²) in [6.45, 7) is 6.86. The maximum absolute atomic E-state index is 12.5. The van der Waals surface area contributed by atoms with E-state index in [1.54, 1.807) is 0 Å². The number of halogens is 1. The van der Waals surface area contributed by atoms with Gasteiger partial charge in [-0.1, -0.05) is 142 Å². The van der Waals surface area contributed by atoms with Gasteiger partial charge in [0.15, 0.2) is 0 Å². The number of amides is 2. The molecule has 15 heteroatoms. The molecule has 0 heterocycles. The standard InChI is InChI=1S/C44H91N4O8P.ClH.Na/c1-7-9-11-13-15-17-19-21-23-25-27-31-43(51)45-33-29-35-47(3,4)37-41(49)39-55-57(53,54)56-40-42(50)38-48(5,6)36-30-34-46-44(52)32-28-26-24-22-20-18-16-14-12-10-8-2;;/h41-42,49-50H,7-40H2,1-6H3,(H-2,45,46,51,52,53,54);1H;/q;;+1/p+1. The van der Waals surface area contributed by atoms with Crippen molar-refractivity contribution in [3.8, 4) is 0 Å². The van der Waals surface area contributed by atoms with Crippen LogP contribution in [0.3, 0.4) is 0 Å². The van der Waals surface area contributed by atoms with Gasteiger partial charge in [-0.3, -0.25) is 18.6 Å². The summed E-state index contributed by atoms with van der Waals surface area (Å²) in [6.07, 6.45) is 28.2. The van der Waals surface area contributed by atoms with Crippen LogP contribution < -0.4 is 52.6 Å². The van der Waals surface area contributed by atoms with Crippen molar-refractivity contribution in [2.24, 2.45) is 0 Å². The fourth-order valence-corrected chi connectivity index (χ4v) is 8.17. The first kappa shape index (κ1) is 63.5. The molecule has 0 aromatic carbocycles. The number of phosphoric acid groups is 1. The van der Waals surface area contributed by atoms with Crippen molar-refractivity contribution in [1.82, 2.24) is 10.6 Å². The number of carbonyl (C=O) groups excluding carboxylic acids is 2. The zero-order valence-electron chi connectivity index (χ0n) is 39.3. The van der Waals surface area contributed by atoms with Gasteiger partial charge in [0.05, 0.1) is 54.5 Å². The topological polar surface area (TPSA) is 154 Å². The van der Waals surface area contributed by atoms with Crippen molar-refractivity contribution in [2.45, 2.75) is 193 Å². The van der Waals surface area contributed by atoms with E-state index < -0.39 is 20.0 Å². The molecule has 5 N–H and O–H groups in total. The first-order valence-electron chi connectivity index (χ1n) is 23.3. The minimum atomic E-state index is -4.48. The molecule has 12 nitrogen and oxygen atoms in total. The molecule has 0 aliphatic carbocycles. The number of unbranched alkanes of at least 4 members (excludes halogenated alkanes) is 20. The Bertz CT molecular complexity index is 959. The van der Waals surface area contributed by atoms with E-state index in [-0.39, 0.29) is 67.0 Å². The number of aliphatic hydroxyl groups is 2. The van der Waals surface area contributed by atoms with Crippen LogP contribution in [0, 0.1) is 0 Å². The SMILES string of the molecule is CCCCCCCCCCCCCC(=O)NCCC[N+](C)(C)CC(O)COP(=O)(O)OCC(O)C[N+](C)(C)CCCNC(=O)CCCCCCCCCCCCC.[Cl-].[Na+]. The average molecular weight is 896 g/mol. The zero-order chi connectivity index (χ0) is 42.7.